The van der Waals surface area contributed by atoms with Gasteiger partial charge in [-0.05, 0) is 44.4 Å². The molecular weight excluding hydrogens is 208 g/mol. The molecule has 0 aromatic carbocycles. The predicted octanol–water partition coefficient (Wildman–Crippen LogP) is 3.40. The van der Waals surface area contributed by atoms with E-state index in [-0.39, 0.29) is 0 Å². The number of hydrogen-bond acceptors (Lipinski definition) is 2. The van der Waals surface area contributed by atoms with Crippen LogP contribution in [0.15, 0.2) is 9.98 Å². The molecule has 0 bridgehead atoms. The number of hydrogen-bond donors (Lipinski definition) is 0. The highest BCUT2D eigenvalue weighted by atomic mass is 15.0. The Morgan fingerprint density at radius 3 is 2.47 bits per heavy atom. The molecule has 3 fully saturated rings. The lowest BCUT2D eigenvalue weighted by molar-refractivity contribution is 0.372. The van der Waals surface area contributed by atoms with Crippen LogP contribution in [-0.4, -0.2) is 23.5 Å². The van der Waals surface area contributed by atoms with Gasteiger partial charge < -0.3 is 0 Å². The SMILES string of the molecule is C1CCC2N=C3C(=NC2C1)CCC1CCCC31. The lowest BCUT2D eigenvalue weighted by atomic mass is 9.77. The van der Waals surface area contributed by atoms with Crippen molar-refractivity contribution < 1.29 is 0 Å². The first-order valence-electron chi connectivity index (χ1n) is 7.56. The highest BCUT2D eigenvalue weighted by Crippen LogP contribution is 2.42. The second-order valence-corrected chi connectivity index (χ2v) is 6.35. The van der Waals surface area contributed by atoms with Gasteiger partial charge in [0.1, 0.15) is 0 Å². The zero-order valence-corrected chi connectivity index (χ0v) is 10.6. The zero-order chi connectivity index (χ0) is 11.2. The Kier molecular flexibility index (Phi) is 2.38. The average Bonchev–Trinajstić information content (AvgIpc) is 2.85. The van der Waals surface area contributed by atoms with E-state index in [0.29, 0.717) is 12.1 Å². The van der Waals surface area contributed by atoms with Gasteiger partial charge in [-0.2, -0.15) is 0 Å². The van der Waals surface area contributed by atoms with Crippen molar-refractivity contribution >= 4 is 11.4 Å². The molecule has 4 aliphatic rings. The van der Waals surface area contributed by atoms with Crippen LogP contribution < -0.4 is 0 Å². The number of rotatable bonds is 0. The quantitative estimate of drug-likeness (QED) is 0.609. The van der Waals surface area contributed by atoms with E-state index in [2.05, 4.69) is 0 Å². The Morgan fingerprint density at radius 2 is 1.59 bits per heavy atom. The minimum atomic E-state index is 0.556. The van der Waals surface area contributed by atoms with Gasteiger partial charge in [0, 0.05) is 5.92 Å². The van der Waals surface area contributed by atoms with Crippen LogP contribution in [0.25, 0.3) is 0 Å². The predicted molar refractivity (Wildman–Crippen MR) is 71.0 cm³/mol. The average molecular weight is 230 g/mol. The summed E-state index contributed by atoms with van der Waals surface area (Å²) >= 11 is 0. The van der Waals surface area contributed by atoms with E-state index in [1.165, 1.54) is 69.2 Å². The van der Waals surface area contributed by atoms with Gasteiger partial charge in [0.15, 0.2) is 0 Å². The third kappa shape index (κ3) is 1.60. The van der Waals surface area contributed by atoms with Crippen molar-refractivity contribution in [2.45, 2.75) is 69.9 Å². The number of fused-ring (bicyclic) bond motifs is 4. The van der Waals surface area contributed by atoms with Crippen LogP contribution in [0.4, 0.5) is 0 Å². The van der Waals surface area contributed by atoms with Crippen molar-refractivity contribution in [1.29, 1.82) is 0 Å². The molecule has 4 unspecified atom stereocenters. The monoisotopic (exact) mass is 230 g/mol. The van der Waals surface area contributed by atoms with E-state index < -0.39 is 0 Å². The molecule has 2 nitrogen and oxygen atoms in total. The normalized spacial score (nSPS) is 44.2. The zero-order valence-electron chi connectivity index (χ0n) is 10.6. The topological polar surface area (TPSA) is 24.7 Å². The second-order valence-electron chi connectivity index (χ2n) is 6.35. The summed E-state index contributed by atoms with van der Waals surface area (Å²) in [6, 6.07) is 1.11. The maximum atomic E-state index is 5.15. The van der Waals surface area contributed by atoms with Gasteiger partial charge in [-0.3, -0.25) is 9.98 Å². The van der Waals surface area contributed by atoms with E-state index in [9.17, 15) is 0 Å². The van der Waals surface area contributed by atoms with E-state index in [4.69, 9.17) is 9.98 Å². The molecule has 1 heterocycles. The van der Waals surface area contributed by atoms with Gasteiger partial charge in [0.25, 0.3) is 0 Å². The Labute approximate surface area is 104 Å². The first kappa shape index (κ1) is 10.3. The fourth-order valence-corrected chi connectivity index (χ4v) is 4.48. The highest BCUT2D eigenvalue weighted by Gasteiger charge is 2.40. The summed E-state index contributed by atoms with van der Waals surface area (Å²) in [7, 11) is 0. The summed E-state index contributed by atoms with van der Waals surface area (Å²) in [5.74, 6) is 1.75. The van der Waals surface area contributed by atoms with Crippen molar-refractivity contribution in [2.24, 2.45) is 21.8 Å². The molecule has 0 N–H and O–H groups in total. The van der Waals surface area contributed by atoms with E-state index in [1.807, 2.05) is 0 Å². The lowest BCUT2D eigenvalue weighted by Gasteiger charge is -2.37. The molecule has 0 amide bonds. The molecule has 92 valence electrons. The van der Waals surface area contributed by atoms with Crippen LogP contribution in [0.3, 0.4) is 0 Å². The molecule has 1 aliphatic heterocycles. The fourth-order valence-electron chi connectivity index (χ4n) is 4.48. The van der Waals surface area contributed by atoms with Crippen molar-refractivity contribution in [3.8, 4) is 0 Å². The summed E-state index contributed by atoms with van der Waals surface area (Å²) in [5.41, 5.74) is 2.87. The largest absolute Gasteiger partial charge is 0.282 e. The van der Waals surface area contributed by atoms with Crippen LogP contribution in [0.1, 0.15) is 57.8 Å². The van der Waals surface area contributed by atoms with Crippen molar-refractivity contribution in [2.75, 3.05) is 0 Å². The third-order valence-electron chi connectivity index (χ3n) is 5.38. The van der Waals surface area contributed by atoms with Crippen molar-refractivity contribution in [3.63, 3.8) is 0 Å². The molecule has 0 aromatic rings. The minimum absolute atomic E-state index is 0.556. The van der Waals surface area contributed by atoms with Crippen LogP contribution in [0.5, 0.6) is 0 Å². The van der Waals surface area contributed by atoms with Gasteiger partial charge in [0.05, 0.1) is 23.5 Å². The summed E-state index contributed by atoms with van der Waals surface area (Å²) in [5, 5.41) is 0. The molecular formula is C15H22N2. The molecule has 17 heavy (non-hydrogen) atoms. The summed E-state index contributed by atoms with van der Waals surface area (Å²) < 4.78 is 0. The van der Waals surface area contributed by atoms with Gasteiger partial charge in [-0.25, -0.2) is 0 Å². The van der Waals surface area contributed by atoms with Crippen LogP contribution in [0, 0.1) is 11.8 Å². The summed E-state index contributed by atoms with van der Waals surface area (Å²) in [4.78, 5) is 10.2. The third-order valence-corrected chi connectivity index (χ3v) is 5.38. The van der Waals surface area contributed by atoms with Gasteiger partial charge in [-0.15, -0.1) is 0 Å². The molecule has 2 heteroatoms. The van der Waals surface area contributed by atoms with Crippen molar-refractivity contribution in [1.82, 2.24) is 0 Å². The van der Waals surface area contributed by atoms with Gasteiger partial charge in [0.2, 0.25) is 0 Å². The van der Waals surface area contributed by atoms with E-state index in [1.54, 1.807) is 0 Å². The first-order valence-corrected chi connectivity index (χ1v) is 7.56. The highest BCUT2D eigenvalue weighted by molar-refractivity contribution is 6.44. The van der Waals surface area contributed by atoms with Gasteiger partial charge in [-0.1, -0.05) is 19.3 Å². The molecule has 4 rings (SSSR count). The molecule has 0 spiro atoms. The fraction of sp³-hybridized carbons (Fsp3) is 0.867. The first-order chi connectivity index (χ1) is 8.42. The van der Waals surface area contributed by atoms with E-state index >= 15 is 0 Å². The van der Waals surface area contributed by atoms with Crippen LogP contribution in [0.2, 0.25) is 0 Å². The molecule has 4 atom stereocenters. The van der Waals surface area contributed by atoms with Crippen LogP contribution in [-0.2, 0) is 0 Å². The minimum Gasteiger partial charge on any atom is -0.282 e. The Hall–Kier alpha value is -0.660. The molecule has 3 aliphatic carbocycles. The Morgan fingerprint density at radius 1 is 0.765 bits per heavy atom. The Balaban J connectivity index is 1.67. The smallest absolute Gasteiger partial charge is 0.0727 e. The van der Waals surface area contributed by atoms with Crippen molar-refractivity contribution in [3.05, 3.63) is 0 Å². The standard InChI is InChI=1S/C15H22N2/c1-2-7-13-12(6-1)16-14-9-8-10-4-3-5-11(10)15(14)17-13/h10-13H,1-9H2. The maximum absolute atomic E-state index is 5.15. The lowest BCUT2D eigenvalue weighted by Crippen LogP contribution is -2.41. The number of aliphatic imine (C=N–C) groups is 2. The number of nitrogens with zero attached hydrogens (tertiary/aromatic N) is 2. The molecule has 3 saturated carbocycles. The molecule has 0 aromatic heterocycles. The van der Waals surface area contributed by atoms with Gasteiger partial charge >= 0.3 is 0 Å². The summed E-state index contributed by atoms with van der Waals surface area (Å²) in [6.45, 7) is 0. The Bertz CT molecular complexity index is 382. The molecule has 0 saturated heterocycles. The summed E-state index contributed by atoms with van der Waals surface area (Å²) in [6.07, 6.45) is 12.2. The maximum Gasteiger partial charge on any atom is 0.0727 e. The molecule has 0 radical (unpaired) electrons. The second kappa shape index (κ2) is 3.93. The van der Waals surface area contributed by atoms with Crippen LogP contribution >= 0.6 is 0 Å². The van der Waals surface area contributed by atoms with E-state index in [0.717, 1.165) is 11.8 Å².